The molecule has 24 heavy (non-hydrogen) atoms. The Balaban J connectivity index is 1.95. The molecule has 4 heteroatoms. The number of unbranched alkanes of at least 4 members (excludes halogenated alkanes) is 2. The molecule has 2 rings (SSSR count). The zero-order chi connectivity index (χ0) is 17.2. The molecule has 1 amide bonds. The van der Waals surface area contributed by atoms with E-state index >= 15 is 0 Å². The first-order chi connectivity index (χ1) is 11.8. The van der Waals surface area contributed by atoms with Crippen molar-refractivity contribution in [2.24, 2.45) is 0 Å². The van der Waals surface area contributed by atoms with E-state index < -0.39 is 0 Å². The van der Waals surface area contributed by atoms with Gasteiger partial charge < -0.3 is 14.4 Å². The van der Waals surface area contributed by atoms with Gasteiger partial charge in [-0.05, 0) is 37.7 Å². The summed E-state index contributed by atoms with van der Waals surface area (Å²) in [6, 6.07) is 10.3. The maximum Gasteiger partial charge on any atom is 0.410 e. The van der Waals surface area contributed by atoms with Crippen molar-refractivity contribution in [3.8, 4) is 0 Å². The SMILES string of the molecule is CCCC[C@H]1CC[C@H](CCCC=O)N1C(=O)OCc1ccccc1. The molecule has 0 aliphatic carbocycles. The minimum atomic E-state index is -0.200. The summed E-state index contributed by atoms with van der Waals surface area (Å²) in [4.78, 5) is 25.2. The minimum Gasteiger partial charge on any atom is -0.445 e. The predicted octanol–water partition coefficient (Wildman–Crippen LogP) is 4.72. The molecule has 0 saturated carbocycles. The van der Waals surface area contributed by atoms with Crippen molar-refractivity contribution in [3.63, 3.8) is 0 Å². The molecule has 1 heterocycles. The zero-order valence-electron chi connectivity index (χ0n) is 14.7. The molecule has 1 aromatic rings. The molecule has 0 spiro atoms. The Labute approximate surface area is 145 Å². The topological polar surface area (TPSA) is 46.6 Å². The van der Waals surface area contributed by atoms with Gasteiger partial charge >= 0.3 is 6.09 Å². The monoisotopic (exact) mass is 331 g/mol. The number of carbonyl (C=O) groups excluding carboxylic acids is 2. The van der Waals surface area contributed by atoms with E-state index in [0.717, 1.165) is 56.8 Å². The van der Waals surface area contributed by atoms with E-state index in [1.807, 2.05) is 35.2 Å². The standard InChI is InChI=1S/C20H29NO3/c1-2-3-11-18-13-14-19(12-7-8-15-22)21(18)20(23)24-16-17-9-5-4-6-10-17/h4-6,9-10,15,18-19H,2-3,7-8,11-14,16H2,1H3/t18-,19-/m0/s1. The lowest BCUT2D eigenvalue weighted by atomic mass is 10.1. The van der Waals surface area contributed by atoms with E-state index in [2.05, 4.69) is 6.92 Å². The number of amides is 1. The van der Waals surface area contributed by atoms with Crippen molar-refractivity contribution in [1.82, 2.24) is 4.90 Å². The first-order valence-electron chi connectivity index (χ1n) is 9.19. The summed E-state index contributed by atoms with van der Waals surface area (Å²) in [6.45, 7) is 2.49. The van der Waals surface area contributed by atoms with Gasteiger partial charge in [0.15, 0.2) is 0 Å². The Kier molecular flexibility index (Phi) is 7.80. The van der Waals surface area contributed by atoms with E-state index in [1.165, 1.54) is 0 Å². The summed E-state index contributed by atoms with van der Waals surface area (Å²) in [5.74, 6) is 0. The number of ether oxygens (including phenoxy) is 1. The third kappa shape index (κ3) is 5.36. The molecular formula is C20H29NO3. The molecule has 1 fully saturated rings. The van der Waals surface area contributed by atoms with Crippen LogP contribution in [0.15, 0.2) is 30.3 Å². The normalized spacial score (nSPS) is 20.1. The molecule has 0 bridgehead atoms. The minimum absolute atomic E-state index is 0.200. The smallest absolute Gasteiger partial charge is 0.410 e. The summed E-state index contributed by atoms with van der Waals surface area (Å²) >= 11 is 0. The van der Waals surface area contributed by atoms with Gasteiger partial charge in [0.1, 0.15) is 12.9 Å². The second kappa shape index (κ2) is 10.1. The van der Waals surface area contributed by atoms with E-state index in [4.69, 9.17) is 4.74 Å². The van der Waals surface area contributed by atoms with Crippen LogP contribution in [0.4, 0.5) is 4.79 Å². The van der Waals surface area contributed by atoms with Gasteiger partial charge in [-0.3, -0.25) is 0 Å². The largest absolute Gasteiger partial charge is 0.445 e. The van der Waals surface area contributed by atoms with Gasteiger partial charge in [0.25, 0.3) is 0 Å². The summed E-state index contributed by atoms with van der Waals surface area (Å²) in [5, 5.41) is 0. The summed E-state index contributed by atoms with van der Waals surface area (Å²) in [6.07, 6.45) is 8.45. The third-order valence-electron chi connectivity index (χ3n) is 4.79. The number of aldehydes is 1. The molecular weight excluding hydrogens is 302 g/mol. The second-order valence-electron chi connectivity index (χ2n) is 6.57. The molecule has 1 aromatic carbocycles. The number of hydrogen-bond acceptors (Lipinski definition) is 3. The molecule has 0 N–H and O–H groups in total. The fourth-order valence-corrected chi connectivity index (χ4v) is 3.50. The summed E-state index contributed by atoms with van der Waals surface area (Å²) in [5.41, 5.74) is 1.01. The fourth-order valence-electron chi connectivity index (χ4n) is 3.50. The van der Waals surface area contributed by atoms with Gasteiger partial charge in [-0.15, -0.1) is 0 Å². The number of rotatable bonds is 9. The molecule has 4 nitrogen and oxygen atoms in total. The lowest BCUT2D eigenvalue weighted by Gasteiger charge is -2.29. The Bertz CT molecular complexity index is 503. The fraction of sp³-hybridized carbons (Fsp3) is 0.600. The van der Waals surface area contributed by atoms with Crippen LogP contribution in [0.1, 0.15) is 63.9 Å². The summed E-state index contributed by atoms with van der Waals surface area (Å²) in [7, 11) is 0. The molecule has 0 unspecified atom stereocenters. The lowest BCUT2D eigenvalue weighted by Crippen LogP contribution is -2.41. The molecule has 1 aliphatic rings. The highest BCUT2D eigenvalue weighted by molar-refractivity contribution is 5.69. The number of hydrogen-bond donors (Lipinski definition) is 0. The van der Waals surface area contributed by atoms with Crippen molar-refractivity contribution >= 4 is 12.4 Å². The Morgan fingerprint density at radius 2 is 1.83 bits per heavy atom. The number of likely N-dealkylation sites (tertiary alicyclic amines) is 1. The number of benzene rings is 1. The van der Waals surface area contributed by atoms with Gasteiger partial charge in [0.2, 0.25) is 0 Å². The van der Waals surface area contributed by atoms with E-state index in [-0.39, 0.29) is 18.2 Å². The summed E-state index contributed by atoms with van der Waals surface area (Å²) < 4.78 is 5.58. The molecule has 2 atom stereocenters. The first-order valence-corrected chi connectivity index (χ1v) is 9.19. The second-order valence-corrected chi connectivity index (χ2v) is 6.57. The molecule has 0 radical (unpaired) electrons. The van der Waals surface area contributed by atoms with Crippen LogP contribution in [0.2, 0.25) is 0 Å². The Hall–Kier alpha value is -1.84. The van der Waals surface area contributed by atoms with Crippen molar-refractivity contribution in [3.05, 3.63) is 35.9 Å². The highest BCUT2D eigenvalue weighted by Crippen LogP contribution is 2.31. The van der Waals surface area contributed by atoms with Crippen molar-refractivity contribution < 1.29 is 14.3 Å². The number of carbonyl (C=O) groups is 2. The van der Waals surface area contributed by atoms with Crippen molar-refractivity contribution in [2.75, 3.05) is 0 Å². The van der Waals surface area contributed by atoms with Crippen LogP contribution in [0.5, 0.6) is 0 Å². The van der Waals surface area contributed by atoms with Gasteiger partial charge in [0.05, 0.1) is 0 Å². The molecule has 1 saturated heterocycles. The van der Waals surface area contributed by atoms with Gasteiger partial charge in [-0.1, -0.05) is 50.1 Å². The quantitative estimate of drug-likeness (QED) is 0.486. The first kappa shape index (κ1) is 18.5. The van der Waals surface area contributed by atoms with Crippen LogP contribution in [0.3, 0.4) is 0 Å². The molecule has 1 aliphatic heterocycles. The highest BCUT2D eigenvalue weighted by Gasteiger charge is 2.36. The van der Waals surface area contributed by atoms with Gasteiger partial charge in [0, 0.05) is 18.5 Å². The van der Waals surface area contributed by atoms with Crippen LogP contribution < -0.4 is 0 Å². The van der Waals surface area contributed by atoms with Crippen LogP contribution in [-0.2, 0) is 16.1 Å². The number of nitrogens with zero attached hydrogens (tertiary/aromatic N) is 1. The maximum absolute atomic E-state index is 12.7. The Morgan fingerprint density at radius 3 is 2.46 bits per heavy atom. The zero-order valence-corrected chi connectivity index (χ0v) is 14.7. The third-order valence-corrected chi connectivity index (χ3v) is 4.79. The maximum atomic E-state index is 12.7. The van der Waals surface area contributed by atoms with Crippen molar-refractivity contribution in [2.45, 2.75) is 77.0 Å². The van der Waals surface area contributed by atoms with Crippen LogP contribution in [0.25, 0.3) is 0 Å². The van der Waals surface area contributed by atoms with Crippen molar-refractivity contribution in [1.29, 1.82) is 0 Å². The van der Waals surface area contributed by atoms with Gasteiger partial charge in [-0.2, -0.15) is 0 Å². The molecule has 0 aromatic heterocycles. The van der Waals surface area contributed by atoms with E-state index in [9.17, 15) is 9.59 Å². The average Bonchev–Trinajstić information content (AvgIpc) is 3.02. The Morgan fingerprint density at radius 1 is 1.17 bits per heavy atom. The van der Waals surface area contributed by atoms with Crippen LogP contribution in [-0.4, -0.2) is 29.4 Å². The van der Waals surface area contributed by atoms with Crippen LogP contribution in [0, 0.1) is 0 Å². The molecule has 132 valence electrons. The highest BCUT2D eigenvalue weighted by atomic mass is 16.6. The van der Waals surface area contributed by atoms with Gasteiger partial charge in [-0.25, -0.2) is 4.79 Å². The van der Waals surface area contributed by atoms with E-state index in [1.54, 1.807) is 0 Å². The van der Waals surface area contributed by atoms with E-state index in [0.29, 0.717) is 13.0 Å². The van der Waals surface area contributed by atoms with Crippen LogP contribution >= 0.6 is 0 Å². The predicted molar refractivity (Wildman–Crippen MR) is 94.7 cm³/mol. The lowest BCUT2D eigenvalue weighted by molar-refractivity contribution is -0.107. The average molecular weight is 331 g/mol.